The molecule has 23 heavy (non-hydrogen) atoms. The van der Waals surface area contributed by atoms with Gasteiger partial charge in [-0.1, -0.05) is 20.8 Å². The highest BCUT2D eigenvalue weighted by Crippen LogP contribution is 2.33. The number of nitrogens with one attached hydrogen (secondary N) is 1. The van der Waals surface area contributed by atoms with Gasteiger partial charge in [-0.05, 0) is 30.9 Å². The first-order chi connectivity index (χ1) is 10.8. The summed E-state index contributed by atoms with van der Waals surface area (Å²) in [5, 5.41) is 16.9. The Kier molecular flexibility index (Phi) is 4.89. The summed E-state index contributed by atoms with van der Waals surface area (Å²) in [6, 6.07) is 1.74. The van der Waals surface area contributed by atoms with Gasteiger partial charge in [-0.3, -0.25) is 9.48 Å². The maximum atomic E-state index is 12.5. The molecule has 1 amide bonds. The highest BCUT2D eigenvalue weighted by atomic mass is 32.1. The summed E-state index contributed by atoms with van der Waals surface area (Å²) in [5.74, 6) is -1.15. The van der Waals surface area contributed by atoms with Crippen LogP contribution in [0.4, 0.5) is 5.00 Å². The van der Waals surface area contributed by atoms with E-state index in [4.69, 9.17) is 0 Å². The van der Waals surface area contributed by atoms with Gasteiger partial charge in [0, 0.05) is 11.9 Å². The van der Waals surface area contributed by atoms with Crippen molar-refractivity contribution in [3.8, 4) is 0 Å². The largest absolute Gasteiger partial charge is 0.478 e. The van der Waals surface area contributed by atoms with Crippen molar-refractivity contribution < 1.29 is 14.7 Å². The molecule has 0 spiro atoms. The average molecular weight is 335 g/mol. The number of anilines is 1. The van der Waals surface area contributed by atoms with Gasteiger partial charge in [-0.15, -0.1) is 11.3 Å². The minimum atomic E-state index is -1.02. The Morgan fingerprint density at radius 1 is 1.43 bits per heavy atom. The quantitative estimate of drug-likeness (QED) is 0.877. The average Bonchev–Trinajstić information content (AvgIpc) is 2.99. The number of hydrogen-bond acceptors (Lipinski definition) is 4. The van der Waals surface area contributed by atoms with Crippen molar-refractivity contribution >= 4 is 28.2 Å². The molecule has 0 aliphatic rings. The first kappa shape index (κ1) is 17.2. The summed E-state index contributed by atoms with van der Waals surface area (Å²) in [6.07, 6.45) is 0.614. The number of carboxylic acids is 1. The molecule has 0 aromatic carbocycles. The minimum Gasteiger partial charge on any atom is -0.478 e. The van der Waals surface area contributed by atoms with Crippen LogP contribution in [0, 0.1) is 6.92 Å². The fourth-order valence-corrected chi connectivity index (χ4v) is 3.60. The molecule has 0 saturated heterocycles. The summed E-state index contributed by atoms with van der Waals surface area (Å²) in [6.45, 7) is 7.78. The summed E-state index contributed by atoms with van der Waals surface area (Å²) in [5.41, 5.74) is 2.20. The lowest BCUT2D eigenvalue weighted by Crippen LogP contribution is -2.17. The van der Waals surface area contributed by atoms with Gasteiger partial charge in [0.1, 0.15) is 10.7 Å². The van der Waals surface area contributed by atoms with Crippen molar-refractivity contribution in [3.05, 3.63) is 33.5 Å². The van der Waals surface area contributed by atoms with Gasteiger partial charge in [0.15, 0.2) is 0 Å². The van der Waals surface area contributed by atoms with E-state index >= 15 is 0 Å². The van der Waals surface area contributed by atoms with Crippen molar-refractivity contribution in [1.29, 1.82) is 0 Å². The van der Waals surface area contributed by atoms with Gasteiger partial charge < -0.3 is 10.4 Å². The van der Waals surface area contributed by atoms with E-state index in [0.29, 0.717) is 17.1 Å². The summed E-state index contributed by atoms with van der Waals surface area (Å²) < 4.78 is 1.52. The van der Waals surface area contributed by atoms with E-state index < -0.39 is 5.97 Å². The Balaban J connectivity index is 2.36. The van der Waals surface area contributed by atoms with Crippen molar-refractivity contribution in [2.24, 2.45) is 7.05 Å². The van der Waals surface area contributed by atoms with Crippen molar-refractivity contribution in [3.63, 3.8) is 0 Å². The highest BCUT2D eigenvalue weighted by Gasteiger charge is 2.23. The number of thiophene rings is 1. The summed E-state index contributed by atoms with van der Waals surface area (Å²) in [7, 11) is 1.70. The van der Waals surface area contributed by atoms with Crippen LogP contribution in [0.1, 0.15) is 63.7 Å². The molecule has 124 valence electrons. The minimum absolute atomic E-state index is 0.189. The molecule has 0 unspecified atom stereocenters. The molecule has 0 saturated carbocycles. The number of rotatable bonds is 5. The summed E-state index contributed by atoms with van der Waals surface area (Å²) >= 11 is 1.29. The number of aryl methyl sites for hydroxylation is 2. The van der Waals surface area contributed by atoms with Crippen LogP contribution < -0.4 is 5.32 Å². The molecule has 2 heterocycles. The van der Waals surface area contributed by atoms with Crippen molar-refractivity contribution in [1.82, 2.24) is 9.78 Å². The van der Waals surface area contributed by atoms with E-state index in [1.165, 1.54) is 16.0 Å². The molecule has 2 N–H and O–H groups in total. The third-order valence-corrected chi connectivity index (χ3v) is 4.79. The van der Waals surface area contributed by atoms with E-state index in [9.17, 15) is 14.7 Å². The fraction of sp³-hybridized carbons (Fsp3) is 0.438. The van der Waals surface area contributed by atoms with Crippen LogP contribution in [0.15, 0.2) is 6.07 Å². The van der Waals surface area contributed by atoms with Gasteiger partial charge in [-0.2, -0.15) is 5.10 Å². The predicted molar refractivity (Wildman–Crippen MR) is 90.6 cm³/mol. The maximum absolute atomic E-state index is 12.5. The van der Waals surface area contributed by atoms with Gasteiger partial charge in [0.25, 0.3) is 5.91 Å². The van der Waals surface area contributed by atoms with Crippen molar-refractivity contribution in [2.45, 2.75) is 40.0 Å². The van der Waals surface area contributed by atoms with Crippen LogP contribution >= 0.6 is 11.3 Å². The van der Waals surface area contributed by atoms with Crippen molar-refractivity contribution in [2.75, 3.05) is 5.32 Å². The highest BCUT2D eigenvalue weighted by molar-refractivity contribution is 7.16. The van der Waals surface area contributed by atoms with Crippen LogP contribution in [0.2, 0.25) is 0 Å². The first-order valence-electron chi connectivity index (χ1n) is 7.47. The lowest BCUT2D eigenvalue weighted by Gasteiger charge is -2.05. The summed E-state index contributed by atoms with van der Waals surface area (Å²) in [4.78, 5) is 24.9. The SMILES string of the molecule is CCc1c(C)sc(NC(=O)c2cc(C(C)C)nn2C)c1C(=O)O. The van der Waals surface area contributed by atoms with E-state index in [-0.39, 0.29) is 17.4 Å². The first-order valence-corrected chi connectivity index (χ1v) is 8.28. The smallest absolute Gasteiger partial charge is 0.339 e. The normalized spacial score (nSPS) is 11.0. The third kappa shape index (κ3) is 3.29. The van der Waals surface area contributed by atoms with E-state index in [2.05, 4.69) is 10.4 Å². The molecule has 0 aliphatic carbocycles. The maximum Gasteiger partial charge on any atom is 0.339 e. The molecule has 0 radical (unpaired) electrons. The second-order valence-electron chi connectivity index (χ2n) is 5.69. The zero-order valence-corrected chi connectivity index (χ0v) is 14.7. The van der Waals surface area contributed by atoms with Crippen LogP contribution in [-0.4, -0.2) is 26.8 Å². The molecular weight excluding hydrogens is 314 g/mol. The Morgan fingerprint density at radius 2 is 2.09 bits per heavy atom. The van der Waals surface area contributed by atoms with Crippen LogP contribution in [0.3, 0.4) is 0 Å². The molecule has 2 aromatic rings. The van der Waals surface area contributed by atoms with Crippen LogP contribution in [0.5, 0.6) is 0 Å². The molecule has 0 bridgehead atoms. The molecule has 2 aromatic heterocycles. The Hall–Kier alpha value is -2.15. The van der Waals surface area contributed by atoms with Gasteiger partial charge in [0.05, 0.1) is 11.3 Å². The number of hydrogen-bond donors (Lipinski definition) is 2. The Bertz CT molecular complexity index is 759. The van der Waals surface area contributed by atoms with E-state index in [0.717, 1.165) is 16.1 Å². The molecule has 0 atom stereocenters. The molecule has 0 aliphatic heterocycles. The molecule has 0 fully saturated rings. The van der Waals surface area contributed by atoms with Crippen LogP contribution in [-0.2, 0) is 13.5 Å². The van der Waals surface area contributed by atoms with Crippen LogP contribution in [0.25, 0.3) is 0 Å². The predicted octanol–water partition coefficient (Wildman–Crippen LogP) is 3.43. The lowest BCUT2D eigenvalue weighted by molar-refractivity contribution is 0.0697. The second kappa shape index (κ2) is 6.54. The second-order valence-corrected chi connectivity index (χ2v) is 6.91. The molecule has 6 nitrogen and oxygen atoms in total. The number of carbonyl (C=O) groups is 2. The van der Waals surface area contributed by atoms with Gasteiger partial charge in [0.2, 0.25) is 0 Å². The topological polar surface area (TPSA) is 84.2 Å². The standard InChI is InChI=1S/C16H21N3O3S/c1-6-10-9(4)23-15(13(10)16(21)22)17-14(20)12-7-11(8(2)3)18-19(12)5/h7-8H,6H2,1-5H3,(H,17,20)(H,21,22). The molecule has 7 heteroatoms. The number of amides is 1. The Labute approximate surface area is 139 Å². The molecule has 2 rings (SSSR count). The number of nitrogens with zero attached hydrogens (tertiary/aromatic N) is 2. The zero-order chi connectivity index (χ0) is 17.3. The van der Waals surface area contributed by atoms with E-state index in [1.807, 2.05) is 27.7 Å². The Morgan fingerprint density at radius 3 is 2.57 bits per heavy atom. The molecular formula is C16H21N3O3S. The fourth-order valence-electron chi connectivity index (χ4n) is 2.47. The van der Waals surface area contributed by atoms with E-state index in [1.54, 1.807) is 13.1 Å². The number of carboxylic acid groups (broad SMARTS) is 1. The monoisotopic (exact) mass is 335 g/mol. The van der Waals surface area contributed by atoms with Gasteiger partial charge in [-0.25, -0.2) is 4.79 Å². The third-order valence-electron chi connectivity index (χ3n) is 3.73. The van der Waals surface area contributed by atoms with Gasteiger partial charge >= 0.3 is 5.97 Å². The number of carbonyl (C=O) groups excluding carboxylic acids is 1. The zero-order valence-electron chi connectivity index (χ0n) is 13.9. The number of aromatic carboxylic acids is 1. The number of aromatic nitrogens is 2. The lowest BCUT2D eigenvalue weighted by atomic mass is 10.1.